The predicted molar refractivity (Wildman–Crippen MR) is 79.8 cm³/mol. The summed E-state index contributed by atoms with van der Waals surface area (Å²) in [5.74, 6) is -3.56. The van der Waals surface area contributed by atoms with E-state index in [0.717, 1.165) is 0 Å². The second kappa shape index (κ2) is 6.88. The first-order valence-electron chi connectivity index (χ1n) is 6.72. The Bertz CT molecular complexity index is 609. The lowest BCUT2D eigenvalue weighted by Crippen LogP contribution is -2.46. The van der Waals surface area contributed by atoms with Crippen molar-refractivity contribution >= 4 is 23.4 Å². The van der Waals surface area contributed by atoms with E-state index >= 15 is 0 Å². The first kappa shape index (κ1) is 19.4. The van der Waals surface area contributed by atoms with Crippen molar-refractivity contribution in [3.05, 3.63) is 28.8 Å². The summed E-state index contributed by atoms with van der Waals surface area (Å²) in [6.07, 6.45) is -5.19. The van der Waals surface area contributed by atoms with Gasteiger partial charge < -0.3 is 10.1 Å². The minimum atomic E-state index is -5.19. The van der Waals surface area contributed by atoms with Crippen LogP contribution >= 0.6 is 11.6 Å². The van der Waals surface area contributed by atoms with Crippen molar-refractivity contribution in [2.45, 2.75) is 45.5 Å². The molecule has 8 heteroatoms. The Kier molecular flexibility index (Phi) is 5.82. The Morgan fingerprint density at radius 2 is 1.78 bits per heavy atom. The molecule has 128 valence electrons. The standard InChI is InChI=1S/C15H17ClF3NO3/c1-8(20-14(2,3)4)11(21)9-6-5-7-10(16)12(9)23-13(22)15(17,18)19/h5-8,20H,1-4H3. The summed E-state index contributed by atoms with van der Waals surface area (Å²) in [5, 5.41) is 2.74. The number of carbonyl (C=O) groups excluding carboxylic acids is 2. The molecule has 0 amide bonds. The number of esters is 1. The molecule has 23 heavy (non-hydrogen) atoms. The van der Waals surface area contributed by atoms with Gasteiger partial charge in [-0.3, -0.25) is 4.79 Å². The molecule has 1 rings (SSSR count). The molecule has 0 aliphatic carbocycles. The monoisotopic (exact) mass is 351 g/mol. The molecule has 0 aromatic heterocycles. The summed E-state index contributed by atoms with van der Waals surface area (Å²) in [7, 11) is 0. The molecule has 0 saturated carbocycles. The number of Topliss-reactive ketones (excluding diaryl/α,β-unsaturated/α-hetero) is 1. The number of nitrogens with one attached hydrogen (secondary N) is 1. The number of alkyl halides is 3. The minimum Gasteiger partial charge on any atom is -0.417 e. The van der Waals surface area contributed by atoms with Gasteiger partial charge in [-0.2, -0.15) is 13.2 Å². The van der Waals surface area contributed by atoms with Crippen LogP contribution < -0.4 is 10.1 Å². The summed E-state index contributed by atoms with van der Waals surface area (Å²) < 4.78 is 41.4. The lowest BCUT2D eigenvalue weighted by molar-refractivity contribution is -0.189. The van der Waals surface area contributed by atoms with E-state index < -0.39 is 35.3 Å². The largest absolute Gasteiger partial charge is 0.491 e. The molecule has 0 fully saturated rings. The van der Waals surface area contributed by atoms with Crippen molar-refractivity contribution in [2.75, 3.05) is 0 Å². The van der Waals surface area contributed by atoms with Crippen LogP contribution in [0.3, 0.4) is 0 Å². The lowest BCUT2D eigenvalue weighted by atomic mass is 10.0. The molecular formula is C15H17ClF3NO3. The molecule has 0 bridgehead atoms. The van der Waals surface area contributed by atoms with Gasteiger partial charge in [0.05, 0.1) is 16.6 Å². The number of halogens is 4. The van der Waals surface area contributed by atoms with Crippen LogP contribution in [0.5, 0.6) is 5.75 Å². The van der Waals surface area contributed by atoms with Crippen molar-refractivity contribution in [2.24, 2.45) is 0 Å². The topological polar surface area (TPSA) is 55.4 Å². The Morgan fingerprint density at radius 1 is 1.22 bits per heavy atom. The average Bonchev–Trinajstić information content (AvgIpc) is 2.37. The molecule has 0 spiro atoms. The first-order valence-corrected chi connectivity index (χ1v) is 7.10. The Labute approximate surface area is 137 Å². The Hall–Kier alpha value is -1.60. The van der Waals surface area contributed by atoms with E-state index in [9.17, 15) is 22.8 Å². The summed E-state index contributed by atoms with van der Waals surface area (Å²) in [6.45, 7) is 7.06. The highest BCUT2D eigenvalue weighted by atomic mass is 35.5. The number of hydrogen-bond acceptors (Lipinski definition) is 4. The molecule has 4 nitrogen and oxygen atoms in total. The quantitative estimate of drug-likeness (QED) is 0.509. The fourth-order valence-electron chi connectivity index (χ4n) is 1.91. The number of hydrogen-bond donors (Lipinski definition) is 1. The van der Waals surface area contributed by atoms with Crippen LogP contribution in [0.1, 0.15) is 38.1 Å². The summed E-state index contributed by atoms with van der Waals surface area (Å²) in [5.41, 5.74) is -0.587. The van der Waals surface area contributed by atoms with E-state index in [0.29, 0.717) is 0 Å². The molecule has 0 saturated heterocycles. The molecule has 1 aromatic carbocycles. The zero-order valence-electron chi connectivity index (χ0n) is 13.0. The van der Waals surface area contributed by atoms with Crippen molar-refractivity contribution in [1.82, 2.24) is 5.32 Å². The molecule has 0 radical (unpaired) electrons. The molecule has 0 aliphatic rings. The van der Waals surface area contributed by atoms with E-state index in [1.165, 1.54) is 18.2 Å². The van der Waals surface area contributed by atoms with E-state index in [-0.39, 0.29) is 10.6 Å². The maximum Gasteiger partial charge on any atom is 0.491 e. The normalized spacial score (nSPS) is 13.6. The van der Waals surface area contributed by atoms with Crippen molar-refractivity contribution in [3.8, 4) is 5.75 Å². The smallest absolute Gasteiger partial charge is 0.417 e. The van der Waals surface area contributed by atoms with Crippen LogP contribution in [0.15, 0.2) is 18.2 Å². The van der Waals surface area contributed by atoms with Crippen molar-refractivity contribution in [3.63, 3.8) is 0 Å². The maximum atomic E-state index is 12.4. The van der Waals surface area contributed by atoms with Gasteiger partial charge >= 0.3 is 12.1 Å². The number of benzene rings is 1. The SMILES string of the molecule is CC(NC(C)(C)C)C(=O)c1cccc(Cl)c1OC(=O)C(F)(F)F. The van der Waals surface area contributed by atoms with Crippen LogP contribution in [0.25, 0.3) is 0 Å². The highest BCUT2D eigenvalue weighted by Gasteiger charge is 2.42. The van der Waals surface area contributed by atoms with Crippen molar-refractivity contribution < 1.29 is 27.5 Å². The van der Waals surface area contributed by atoms with Gasteiger partial charge in [-0.25, -0.2) is 4.79 Å². The van der Waals surface area contributed by atoms with Crippen molar-refractivity contribution in [1.29, 1.82) is 0 Å². The third kappa shape index (κ3) is 5.51. The maximum absolute atomic E-state index is 12.4. The van der Waals surface area contributed by atoms with Gasteiger partial charge in [0.15, 0.2) is 11.5 Å². The average molecular weight is 352 g/mol. The summed E-state index contributed by atoms with van der Waals surface area (Å²) >= 11 is 5.79. The lowest BCUT2D eigenvalue weighted by Gasteiger charge is -2.25. The van der Waals surface area contributed by atoms with Gasteiger partial charge in [-0.05, 0) is 39.8 Å². The first-order chi connectivity index (χ1) is 10.3. The molecule has 1 N–H and O–H groups in total. The molecular weight excluding hydrogens is 335 g/mol. The van der Waals surface area contributed by atoms with Gasteiger partial charge in [0.25, 0.3) is 0 Å². The summed E-state index contributed by atoms with van der Waals surface area (Å²) in [4.78, 5) is 23.5. The fraction of sp³-hybridized carbons (Fsp3) is 0.467. The van der Waals surface area contributed by atoms with E-state index in [1.54, 1.807) is 6.92 Å². The molecule has 1 unspecified atom stereocenters. The fourth-order valence-corrected chi connectivity index (χ4v) is 2.12. The number of rotatable bonds is 4. The zero-order valence-corrected chi connectivity index (χ0v) is 13.8. The van der Waals surface area contributed by atoms with Gasteiger partial charge in [0, 0.05) is 5.54 Å². The van der Waals surface area contributed by atoms with Crippen LogP contribution in [0, 0.1) is 0 Å². The van der Waals surface area contributed by atoms with Crippen LogP contribution in [-0.2, 0) is 4.79 Å². The van der Waals surface area contributed by atoms with Crippen LogP contribution in [-0.4, -0.2) is 29.5 Å². The second-order valence-electron chi connectivity index (χ2n) is 5.98. The molecule has 1 atom stereocenters. The Morgan fingerprint density at radius 3 is 2.26 bits per heavy atom. The predicted octanol–water partition coefficient (Wildman–Crippen LogP) is 3.77. The second-order valence-corrected chi connectivity index (χ2v) is 6.39. The molecule has 0 heterocycles. The Balaban J connectivity index is 3.15. The highest BCUT2D eigenvalue weighted by molar-refractivity contribution is 6.33. The summed E-state index contributed by atoms with van der Waals surface area (Å²) in [6, 6.07) is 3.18. The number of ketones is 1. The van der Waals surface area contributed by atoms with Crippen LogP contribution in [0.2, 0.25) is 5.02 Å². The minimum absolute atomic E-state index is 0.195. The van der Waals surface area contributed by atoms with Gasteiger partial charge in [-0.15, -0.1) is 0 Å². The van der Waals surface area contributed by atoms with Crippen LogP contribution in [0.4, 0.5) is 13.2 Å². The van der Waals surface area contributed by atoms with Gasteiger partial charge in [-0.1, -0.05) is 17.7 Å². The molecule has 0 aliphatic heterocycles. The number of para-hydroxylation sites is 1. The van der Waals surface area contributed by atoms with E-state index in [4.69, 9.17) is 11.6 Å². The third-order valence-corrected chi connectivity index (χ3v) is 3.00. The van der Waals surface area contributed by atoms with E-state index in [1.807, 2.05) is 20.8 Å². The zero-order chi connectivity index (χ0) is 18.0. The number of carbonyl (C=O) groups is 2. The number of ether oxygens (including phenoxy) is 1. The van der Waals surface area contributed by atoms with E-state index in [2.05, 4.69) is 10.1 Å². The van der Waals surface area contributed by atoms with Gasteiger partial charge in [0.2, 0.25) is 0 Å². The highest BCUT2D eigenvalue weighted by Crippen LogP contribution is 2.32. The third-order valence-electron chi connectivity index (χ3n) is 2.70. The molecule has 1 aromatic rings. The van der Waals surface area contributed by atoms with Gasteiger partial charge in [0.1, 0.15) is 0 Å².